The van der Waals surface area contributed by atoms with Crippen molar-refractivity contribution in [3.8, 4) is 11.1 Å². The van der Waals surface area contributed by atoms with Gasteiger partial charge in [-0.2, -0.15) is 0 Å². The fourth-order valence-electron chi connectivity index (χ4n) is 5.32. The first-order chi connectivity index (χ1) is 16.8. The summed E-state index contributed by atoms with van der Waals surface area (Å²) in [5.41, 5.74) is 4.54. The van der Waals surface area contributed by atoms with Gasteiger partial charge in [-0.25, -0.2) is 4.79 Å². The van der Waals surface area contributed by atoms with E-state index in [0.29, 0.717) is 6.54 Å². The van der Waals surface area contributed by atoms with Crippen molar-refractivity contribution in [1.82, 2.24) is 15.5 Å². The number of fused-ring (bicyclic) bond motifs is 3. The maximum Gasteiger partial charge on any atom is 0.407 e. The van der Waals surface area contributed by atoms with E-state index in [9.17, 15) is 14.4 Å². The van der Waals surface area contributed by atoms with Crippen LogP contribution in [0.15, 0.2) is 48.5 Å². The van der Waals surface area contributed by atoms with Crippen molar-refractivity contribution >= 4 is 18.0 Å². The molecule has 2 aromatic rings. The molecule has 8 nitrogen and oxygen atoms in total. The maximum atomic E-state index is 13.0. The highest BCUT2D eigenvalue weighted by atomic mass is 16.5. The number of carboxylic acid groups (broad SMARTS) is 1. The van der Waals surface area contributed by atoms with Gasteiger partial charge in [0.05, 0.1) is 6.42 Å². The molecule has 0 radical (unpaired) electrons. The van der Waals surface area contributed by atoms with Gasteiger partial charge in [0.1, 0.15) is 12.6 Å². The van der Waals surface area contributed by atoms with Crippen molar-refractivity contribution in [3.63, 3.8) is 0 Å². The minimum atomic E-state index is -0.863. The highest BCUT2D eigenvalue weighted by molar-refractivity contribution is 5.86. The molecule has 0 saturated heterocycles. The van der Waals surface area contributed by atoms with E-state index in [1.807, 2.05) is 43.3 Å². The number of likely N-dealkylation sites (N-methyl/N-ethyl adjacent to an activating group) is 1. The zero-order valence-electron chi connectivity index (χ0n) is 20.2. The molecule has 186 valence electrons. The number of nitrogens with one attached hydrogen (secondary N) is 2. The first kappa shape index (κ1) is 24.7. The molecule has 1 fully saturated rings. The summed E-state index contributed by atoms with van der Waals surface area (Å²) in [6.07, 6.45) is 1.77. The monoisotopic (exact) mass is 479 g/mol. The number of benzene rings is 2. The van der Waals surface area contributed by atoms with E-state index in [1.165, 1.54) is 0 Å². The summed E-state index contributed by atoms with van der Waals surface area (Å²) >= 11 is 0. The lowest BCUT2D eigenvalue weighted by molar-refractivity contribution is -0.138. The van der Waals surface area contributed by atoms with Crippen LogP contribution in [-0.4, -0.2) is 67.3 Å². The average molecular weight is 480 g/mol. The Bertz CT molecular complexity index is 1040. The molecule has 2 aliphatic rings. The van der Waals surface area contributed by atoms with E-state index >= 15 is 0 Å². The first-order valence-electron chi connectivity index (χ1n) is 12.1. The third-order valence-corrected chi connectivity index (χ3v) is 6.92. The van der Waals surface area contributed by atoms with Gasteiger partial charge in [0, 0.05) is 18.5 Å². The number of carbonyl (C=O) groups excluding carboxylic acids is 2. The molecule has 0 heterocycles. The quantitative estimate of drug-likeness (QED) is 0.510. The molecule has 35 heavy (non-hydrogen) atoms. The van der Waals surface area contributed by atoms with Gasteiger partial charge in [0.2, 0.25) is 5.91 Å². The highest BCUT2D eigenvalue weighted by Gasteiger charge is 2.33. The number of hydrogen-bond donors (Lipinski definition) is 3. The molecule has 2 aliphatic carbocycles. The van der Waals surface area contributed by atoms with Gasteiger partial charge in [-0.05, 0) is 55.1 Å². The SMILES string of the molecule is CN(C)C[C@H](NC(=O)OCC1c2ccccc2-c2ccccc21)C(=O)NC1CCCC1CC(=O)O. The van der Waals surface area contributed by atoms with E-state index in [2.05, 4.69) is 34.9 Å². The lowest BCUT2D eigenvalue weighted by atomic mass is 9.98. The zero-order chi connectivity index (χ0) is 24.9. The summed E-state index contributed by atoms with van der Waals surface area (Å²) in [6, 6.07) is 15.2. The van der Waals surface area contributed by atoms with Crippen LogP contribution in [0.4, 0.5) is 4.79 Å². The van der Waals surface area contributed by atoms with Gasteiger partial charge in [0.15, 0.2) is 0 Å². The Morgan fingerprint density at radius 1 is 1.03 bits per heavy atom. The van der Waals surface area contributed by atoms with Crippen LogP contribution in [0.25, 0.3) is 11.1 Å². The molecular formula is C27H33N3O5. The van der Waals surface area contributed by atoms with Crippen molar-refractivity contribution in [2.24, 2.45) is 5.92 Å². The molecule has 0 spiro atoms. The van der Waals surface area contributed by atoms with Crippen molar-refractivity contribution in [3.05, 3.63) is 59.7 Å². The largest absolute Gasteiger partial charge is 0.481 e. The van der Waals surface area contributed by atoms with E-state index in [4.69, 9.17) is 9.84 Å². The Kier molecular flexibility index (Phi) is 7.70. The molecule has 4 rings (SSSR count). The summed E-state index contributed by atoms with van der Waals surface area (Å²) in [5.74, 6) is -1.34. The molecule has 0 bridgehead atoms. The fourth-order valence-corrected chi connectivity index (χ4v) is 5.32. The zero-order valence-corrected chi connectivity index (χ0v) is 20.2. The van der Waals surface area contributed by atoms with Crippen molar-refractivity contribution in [2.45, 2.75) is 43.7 Å². The van der Waals surface area contributed by atoms with E-state index in [-0.39, 0.29) is 36.8 Å². The van der Waals surface area contributed by atoms with Crippen LogP contribution in [-0.2, 0) is 14.3 Å². The minimum Gasteiger partial charge on any atom is -0.481 e. The minimum absolute atomic E-state index is 0.0309. The Balaban J connectivity index is 1.38. The van der Waals surface area contributed by atoms with Crippen LogP contribution < -0.4 is 10.6 Å². The number of amides is 2. The molecule has 2 unspecified atom stereocenters. The number of alkyl carbamates (subject to hydrolysis) is 1. The highest BCUT2D eigenvalue weighted by Crippen LogP contribution is 2.44. The molecule has 8 heteroatoms. The summed E-state index contributed by atoms with van der Waals surface area (Å²) in [5, 5.41) is 14.8. The van der Waals surface area contributed by atoms with Gasteiger partial charge in [-0.15, -0.1) is 0 Å². The van der Waals surface area contributed by atoms with Crippen LogP contribution in [0.3, 0.4) is 0 Å². The third-order valence-electron chi connectivity index (χ3n) is 6.92. The molecular weight excluding hydrogens is 446 g/mol. The standard InChI is InChI=1S/C27H33N3O5/c1-30(2)15-24(26(33)28-23-13-7-8-17(23)14-25(31)32)29-27(34)35-16-22-20-11-5-3-9-18(20)19-10-4-6-12-21(19)22/h3-6,9-12,17,22-24H,7-8,13-16H2,1-2H3,(H,28,33)(H,29,34)(H,31,32)/t17?,23?,24-/m0/s1. The van der Waals surface area contributed by atoms with E-state index < -0.39 is 18.1 Å². The molecule has 0 aromatic heterocycles. The Morgan fingerprint density at radius 3 is 2.26 bits per heavy atom. The Morgan fingerprint density at radius 2 is 1.66 bits per heavy atom. The van der Waals surface area contributed by atoms with Gasteiger partial charge >= 0.3 is 12.1 Å². The maximum absolute atomic E-state index is 13.0. The van der Waals surface area contributed by atoms with Crippen LogP contribution in [0, 0.1) is 5.92 Å². The van der Waals surface area contributed by atoms with Gasteiger partial charge in [0.25, 0.3) is 0 Å². The second kappa shape index (κ2) is 10.9. The lowest BCUT2D eigenvalue weighted by Gasteiger charge is -2.26. The average Bonchev–Trinajstić information content (AvgIpc) is 3.38. The van der Waals surface area contributed by atoms with Gasteiger partial charge < -0.3 is 25.4 Å². The number of rotatable bonds is 9. The number of carbonyl (C=O) groups is 3. The van der Waals surface area contributed by atoms with Crippen molar-refractivity contribution < 1.29 is 24.2 Å². The predicted molar refractivity (Wildman–Crippen MR) is 132 cm³/mol. The number of aliphatic carboxylic acids is 1. The Labute approximate surface area is 205 Å². The molecule has 0 aliphatic heterocycles. The summed E-state index contributed by atoms with van der Waals surface area (Å²) in [7, 11) is 3.64. The molecule has 3 atom stereocenters. The first-order valence-corrected chi connectivity index (χ1v) is 12.1. The third kappa shape index (κ3) is 5.82. The smallest absolute Gasteiger partial charge is 0.407 e. The lowest BCUT2D eigenvalue weighted by Crippen LogP contribution is -2.54. The van der Waals surface area contributed by atoms with Gasteiger partial charge in [-0.1, -0.05) is 55.0 Å². The van der Waals surface area contributed by atoms with Crippen molar-refractivity contribution in [2.75, 3.05) is 27.2 Å². The number of nitrogens with zero attached hydrogens (tertiary/aromatic N) is 1. The number of carboxylic acids is 1. The summed E-state index contributed by atoms with van der Waals surface area (Å²) < 4.78 is 5.62. The van der Waals surface area contributed by atoms with E-state index in [0.717, 1.165) is 41.5 Å². The predicted octanol–water partition coefficient (Wildman–Crippen LogP) is 3.21. The van der Waals surface area contributed by atoms with E-state index in [1.54, 1.807) is 0 Å². The summed E-state index contributed by atoms with van der Waals surface area (Å²) in [6.45, 7) is 0.464. The van der Waals surface area contributed by atoms with Crippen LogP contribution >= 0.6 is 0 Å². The van der Waals surface area contributed by atoms with Crippen LogP contribution in [0.5, 0.6) is 0 Å². The molecule has 2 aromatic carbocycles. The van der Waals surface area contributed by atoms with Gasteiger partial charge in [-0.3, -0.25) is 9.59 Å². The fraction of sp³-hybridized carbons (Fsp3) is 0.444. The van der Waals surface area contributed by atoms with Crippen LogP contribution in [0.2, 0.25) is 0 Å². The molecule has 3 N–H and O–H groups in total. The van der Waals surface area contributed by atoms with Crippen LogP contribution in [0.1, 0.15) is 42.7 Å². The molecule has 1 saturated carbocycles. The molecule has 2 amide bonds. The summed E-state index contributed by atoms with van der Waals surface area (Å²) in [4.78, 5) is 38.8. The number of hydrogen-bond acceptors (Lipinski definition) is 5. The van der Waals surface area contributed by atoms with Crippen molar-refractivity contribution in [1.29, 1.82) is 0 Å². The second-order valence-electron chi connectivity index (χ2n) is 9.69. The second-order valence-corrected chi connectivity index (χ2v) is 9.69. The normalized spacial score (nSPS) is 19.6. The topological polar surface area (TPSA) is 108 Å². The number of ether oxygens (including phenoxy) is 1. The Hall–Kier alpha value is -3.39.